The first-order valence-electron chi connectivity index (χ1n) is 5.76. The molecule has 0 aliphatic rings. The van der Waals surface area contributed by atoms with Crippen molar-refractivity contribution >= 4 is 0 Å². The minimum atomic E-state index is -0.946. The van der Waals surface area contributed by atoms with Gasteiger partial charge in [-0.15, -0.1) is 0 Å². The number of aromatic nitrogens is 2. The molecule has 2 rings (SSSR count). The Balaban J connectivity index is 2.51. The molecule has 0 amide bonds. The second-order valence-electron chi connectivity index (χ2n) is 3.95. The van der Waals surface area contributed by atoms with Gasteiger partial charge in [0.25, 0.3) is 0 Å². The lowest BCUT2D eigenvalue weighted by Gasteiger charge is -2.19. The van der Waals surface area contributed by atoms with Crippen LogP contribution in [0.5, 0.6) is 0 Å². The van der Waals surface area contributed by atoms with Gasteiger partial charge in [-0.1, -0.05) is 6.92 Å². The van der Waals surface area contributed by atoms with Crippen LogP contribution in [-0.4, -0.2) is 16.5 Å². The summed E-state index contributed by atoms with van der Waals surface area (Å²) in [6, 6.07) is 0.561. The van der Waals surface area contributed by atoms with E-state index in [4.69, 9.17) is 0 Å². The Morgan fingerprint density at radius 3 is 2.21 bits per heavy atom. The maximum absolute atomic E-state index is 13.8. The summed E-state index contributed by atoms with van der Waals surface area (Å²) in [5.74, 6) is -2.82. The predicted octanol–water partition coefficient (Wildman–Crippen LogP) is 2.59. The van der Waals surface area contributed by atoms with Gasteiger partial charge >= 0.3 is 0 Å². The van der Waals surface area contributed by atoms with Crippen molar-refractivity contribution in [1.82, 2.24) is 15.3 Å². The molecular formula is C13H12F3N3. The van der Waals surface area contributed by atoms with Crippen LogP contribution in [0.3, 0.4) is 0 Å². The first-order chi connectivity index (χ1) is 9.13. The molecular weight excluding hydrogens is 255 g/mol. The monoisotopic (exact) mass is 267 g/mol. The van der Waals surface area contributed by atoms with Crippen molar-refractivity contribution < 1.29 is 13.2 Å². The fourth-order valence-electron chi connectivity index (χ4n) is 1.88. The molecule has 0 fully saturated rings. The lowest BCUT2D eigenvalue weighted by Crippen LogP contribution is -2.24. The van der Waals surface area contributed by atoms with Gasteiger partial charge in [0.2, 0.25) is 0 Å². The highest BCUT2D eigenvalue weighted by Crippen LogP contribution is 2.26. The van der Waals surface area contributed by atoms with Crippen LogP contribution in [0, 0.1) is 17.5 Å². The molecule has 0 aliphatic carbocycles. The Hall–Kier alpha value is -1.95. The Kier molecular flexibility index (Phi) is 4.11. The Bertz CT molecular complexity index is 537. The molecule has 1 aromatic carbocycles. The van der Waals surface area contributed by atoms with Crippen molar-refractivity contribution in [1.29, 1.82) is 0 Å². The summed E-state index contributed by atoms with van der Waals surface area (Å²) in [5, 5.41) is 2.93. The summed E-state index contributed by atoms with van der Waals surface area (Å²) in [6.07, 6.45) is 4.25. The molecule has 1 unspecified atom stereocenters. The number of nitrogens with one attached hydrogen (secondary N) is 1. The number of halogens is 3. The number of hydrogen-bond donors (Lipinski definition) is 1. The summed E-state index contributed by atoms with van der Waals surface area (Å²) < 4.78 is 40.6. The number of hydrogen-bond acceptors (Lipinski definition) is 3. The number of nitrogens with zero attached hydrogens (tertiary/aromatic N) is 2. The molecule has 1 N–H and O–H groups in total. The van der Waals surface area contributed by atoms with E-state index in [-0.39, 0.29) is 5.56 Å². The number of rotatable bonds is 4. The Morgan fingerprint density at radius 2 is 1.68 bits per heavy atom. The van der Waals surface area contributed by atoms with Gasteiger partial charge in [-0.25, -0.2) is 23.1 Å². The van der Waals surface area contributed by atoms with E-state index >= 15 is 0 Å². The molecule has 1 aromatic heterocycles. The average Bonchev–Trinajstić information content (AvgIpc) is 2.37. The zero-order chi connectivity index (χ0) is 13.8. The van der Waals surface area contributed by atoms with E-state index in [9.17, 15) is 13.2 Å². The van der Waals surface area contributed by atoms with Crippen molar-refractivity contribution in [3.8, 4) is 0 Å². The quantitative estimate of drug-likeness (QED) is 0.925. The van der Waals surface area contributed by atoms with Crippen LogP contribution in [0.4, 0.5) is 13.2 Å². The highest BCUT2D eigenvalue weighted by Gasteiger charge is 2.22. The van der Waals surface area contributed by atoms with E-state index in [0.717, 1.165) is 0 Å². The first-order valence-corrected chi connectivity index (χ1v) is 5.76. The van der Waals surface area contributed by atoms with E-state index in [1.54, 1.807) is 6.92 Å². The van der Waals surface area contributed by atoms with Crippen LogP contribution in [0.2, 0.25) is 0 Å². The van der Waals surface area contributed by atoms with Gasteiger partial charge in [0, 0.05) is 35.7 Å². The molecule has 1 atom stereocenters. The topological polar surface area (TPSA) is 37.8 Å². The lowest BCUT2D eigenvalue weighted by molar-refractivity contribution is 0.491. The molecule has 19 heavy (non-hydrogen) atoms. The van der Waals surface area contributed by atoms with Gasteiger partial charge in [0.05, 0.1) is 6.04 Å². The second kappa shape index (κ2) is 5.79. The van der Waals surface area contributed by atoms with Gasteiger partial charge < -0.3 is 5.32 Å². The van der Waals surface area contributed by atoms with Gasteiger partial charge in [-0.2, -0.15) is 0 Å². The zero-order valence-electron chi connectivity index (χ0n) is 10.2. The van der Waals surface area contributed by atoms with Gasteiger partial charge in [0.1, 0.15) is 23.8 Å². The molecule has 100 valence electrons. The van der Waals surface area contributed by atoms with Crippen LogP contribution in [0.1, 0.15) is 24.1 Å². The molecule has 0 aliphatic heterocycles. The van der Waals surface area contributed by atoms with E-state index in [2.05, 4.69) is 15.3 Å². The van der Waals surface area contributed by atoms with E-state index in [1.807, 2.05) is 0 Å². The van der Waals surface area contributed by atoms with Gasteiger partial charge in [-0.3, -0.25) is 0 Å². The SMILES string of the molecule is CCNC(c1cncnc1)c1c(F)cc(F)cc1F. The summed E-state index contributed by atoms with van der Waals surface area (Å²) in [7, 11) is 0. The maximum Gasteiger partial charge on any atom is 0.134 e. The standard InChI is InChI=1S/C13H12F3N3/c1-2-19-13(8-5-17-7-18-6-8)12-10(15)3-9(14)4-11(12)16/h3-7,13,19H,2H2,1H3. The van der Waals surface area contributed by atoms with Gasteiger partial charge in [-0.05, 0) is 6.54 Å². The minimum absolute atomic E-state index is 0.238. The molecule has 3 nitrogen and oxygen atoms in total. The van der Waals surface area contributed by atoms with Crippen LogP contribution in [0.15, 0.2) is 30.9 Å². The van der Waals surface area contributed by atoms with E-state index < -0.39 is 23.5 Å². The fraction of sp³-hybridized carbons (Fsp3) is 0.231. The molecule has 2 aromatic rings. The van der Waals surface area contributed by atoms with Crippen LogP contribution in [0.25, 0.3) is 0 Å². The Labute approximate surface area is 108 Å². The van der Waals surface area contributed by atoms with Crippen LogP contribution >= 0.6 is 0 Å². The molecule has 0 saturated heterocycles. The summed E-state index contributed by atoms with van der Waals surface area (Å²) >= 11 is 0. The third kappa shape index (κ3) is 2.90. The average molecular weight is 267 g/mol. The third-order valence-corrected chi connectivity index (χ3v) is 2.65. The van der Waals surface area contributed by atoms with Crippen LogP contribution in [-0.2, 0) is 0 Å². The summed E-state index contributed by atoms with van der Waals surface area (Å²) in [4.78, 5) is 7.64. The van der Waals surface area contributed by atoms with Crippen molar-refractivity contribution in [2.24, 2.45) is 0 Å². The van der Waals surface area contributed by atoms with Crippen molar-refractivity contribution in [3.63, 3.8) is 0 Å². The molecule has 0 spiro atoms. The predicted molar refractivity (Wildman–Crippen MR) is 63.9 cm³/mol. The summed E-state index contributed by atoms with van der Waals surface area (Å²) in [5.41, 5.74) is 0.270. The molecule has 1 heterocycles. The highest BCUT2D eigenvalue weighted by molar-refractivity contribution is 5.31. The zero-order valence-corrected chi connectivity index (χ0v) is 10.2. The second-order valence-corrected chi connectivity index (χ2v) is 3.95. The Morgan fingerprint density at radius 1 is 1.11 bits per heavy atom. The summed E-state index contributed by atoms with van der Waals surface area (Å²) in [6.45, 7) is 2.28. The van der Waals surface area contributed by atoms with E-state index in [0.29, 0.717) is 24.2 Å². The normalized spacial score (nSPS) is 12.4. The van der Waals surface area contributed by atoms with Crippen LogP contribution < -0.4 is 5.32 Å². The number of benzene rings is 1. The van der Waals surface area contributed by atoms with Gasteiger partial charge in [0.15, 0.2) is 0 Å². The van der Waals surface area contributed by atoms with Crippen molar-refractivity contribution in [2.45, 2.75) is 13.0 Å². The maximum atomic E-state index is 13.8. The van der Waals surface area contributed by atoms with Crippen molar-refractivity contribution in [3.05, 3.63) is 59.4 Å². The molecule has 0 radical (unpaired) electrons. The largest absolute Gasteiger partial charge is 0.306 e. The molecule has 0 bridgehead atoms. The molecule has 0 saturated carbocycles. The molecule has 6 heteroatoms. The fourth-order valence-corrected chi connectivity index (χ4v) is 1.88. The lowest BCUT2D eigenvalue weighted by atomic mass is 10.00. The minimum Gasteiger partial charge on any atom is -0.306 e. The van der Waals surface area contributed by atoms with E-state index in [1.165, 1.54) is 18.7 Å². The highest BCUT2D eigenvalue weighted by atomic mass is 19.1. The third-order valence-electron chi connectivity index (χ3n) is 2.65. The first kappa shape index (κ1) is 13.5. The van der Waals surface area contributed by atoms with Crippen molar-refractivity contribution in [2.75, 3.05) is 6.54 Å². The smallest absolute Gasteiger partial charge is 0.134 e.